The SMILES string of the molecule is CC1(C)CN(C(=O)COCC(F)(F)F)Cc2ccccc21. The first-order valence-corrected chi connectivity index (χ1v) is 6.70. The molecular weight excluding hydrogens is 283 g/mol. The number of ether oxygens (including phenoxy) is 1. The van der Waals surface area contributed by atoms with Crippen molar-refractivity contribution in [3.8, 4) is 0 Å². The van der Waals surface area contributed by atoms with Crippen molar-refractivity contribution in [3.05, 3.63) is 35.4 Å². The van der Waals surface area contributed by atoms with Gasteiger partial charge in [-0.15, -0.1) is 0 Å². The predicted octanol–water partition coefficient (Wildman–Crippen LogP) is 2.89. The fourth-order valence-electron chi connectivity index (χ4n) is 2.66. The van der Waals surface area contributed by atoms with Gasteiger partial charge in [-0.3, -0.25) is 4.79 Å². The van der Waals surface area contributed by atoms with Crippen molar-refractivity contribution in [2.75, 3.05) is 19.8 Å². The fourth-order valence-corrected chi connectivity index (χ4v) is 2.66. The number of hydrogen-bond acceptors (Lipinski definition) is 2. The molecule has 21 heavy (non-hydrogen) atoms. The van der Waals surface area contributed by atoms with Crippen molar-refractivity contribution < 1.29 is 22.7 Å². The molecular formula is C15H18F3NO2. The van der Waals surface area contributed by atoms with Gasteiger partial charge in [0.05, 0.1) is 0 Å². The quantitative estimate of drug-likeness (QED) is 0.859. The molecule has 6 heteroatoms. The van der Waals surface area contributed by atoms with Crippen molar-refractivity contribution in [2.24, 2.45) is 0 Å². The van der Waals surface area contributed by atoms with Crippen LogP contribution in [0, 0.1) is 0 Å². The van der Waals surface area contributed by atoms with Crippen LogP contribution >= 0.6 is 0 Å². The van der Waals surface area contributed by atoms with Gasteiger partial charge >= 0.3 is 6.18 Å². The summed E-state index contributed by atoms with van der Waals surface area (Å²) in [5, 5.41) is 0. The van der Waals surface area contributed by atoms with Crippen molar-refractivity contribution in [3.63, 3.8) is 0 Å². The zero-order valence-corrected chi connectivity index (χ0v) is 12.0. The minimum atomic E-state index is -4.41. The monoisotopic (exact) mass is 301 g/mol. The van der Waals surface area contributed by atoms with Crippen molar-refractivity contribution >= 4 is 5.91 Å². The standard InChI is InChI=1S/C15H18F3NO2/c1-14(2)9-19(7-11-5-3-4-6-12(11)14)13(20)8-21-10-15(16,17)18/h3-6H,7-10H2,1-2H3. The van der Waals surface area contributed by atoms with Crippen LogP contribution in [0.15, 0.2) is 24.3 Å². The summed E-state index contributed by atoms with van der Waals surface area (Å²) in [5.41, 5.74) is 1.97. The zero-order valence-electron chi connectivity index (χ0n) is 12.0. The molecule has 1 aliphatic rings. The molecule has 0 bridgehead atoms. The molecule has 0 radical (unpaired) electrons. The minimum absolute atomic E-state index is 0.228. The Hall–Kier alpha value is -1.56. The number of benzene rings is 1. The summed E-state index contributed by atoms with van der Waals surface area (Å²) in [5.74, 6) is -0.415. The maximum absolute atomic E-state index is 12.0. The van der Waals surface area contributed by atoms with Gasteiger partial charge < -0.3 is 9.64 Å². The van der Waals surface area contributed by atoms with E-state index in [1.54, 1.807) is 4.90 Å². The number of fused-ring (bicyclic) bond motifs is 1. The van der Waals surface area contributed by atoms with Gasteiger partial charge in [-0.2, -0.15) is 13.2 Å². The summed E-state index contributed by atoms with van der Waals surface area (Å²) in [6, 6.07) is 7.80. The molecule has 0 aliphatic carbocycles. The highest BCUT2D eigenvalue weighted by Gasteiger charge is 2.34. The Morgan fingerprint density at radius 2 is 2.00 bits per heavy atom. The molecule has 0 spiro atoms. The normalized spacial score (nSPS) is 17.5. The zero-order chi connectivity index (χ0) is 15.7. The van der Waals surface area contributed by atoms with Crippen molar-refractivity contribution in [2.45, 2.75) is 32.0 Å². The number of carbonyl (C=O) groups is 1. The molecule has 0 unspecified atom stereocenters. The Morgan fingerprint density at radius 1 is 1.33 bits per heavy atom. The van der Waals surface area contributed by atoms with Crippen LogP contribution in [0.4, 0.5) is 13.2 Å². The molecule has 0 fully saturated rings. The smallest absolute Gasteiger partial charge is 0.362 e. The molecule has 1 heterocycles. The van der Waals surface area contributed by atoms with Crippen LogP contribution < -0.4 is 0 Å². The summed E-state index contributed by atoms with van der Waals surface area (Å²) >= 11 is 0. The Bertz CT molecular complexity index is 526. The van der Waals surface area contributed by atoms with Crippen LogP contribution in [-0.2, 0) is 21.5 Å². The topological polar surface area (TPSA) is 29.5 Å². The lowest BCUT2D eigenvalue weighted by Crippen LogP contribution is -2.46. The van der Waals surface area contributed by atoms with Crippen LogP contribution in [0.5, 0.6) is 0 Å². The Kier molecular flexibility index (Phi) is 4.27. The van der Waals surface area contributed by atoms with Gasteiger partial charge in [0.15, 0.2) is 0 Å². The summed E-state index contributed by atoms with van der Waals surface area (Å²) in [4.78, 5) is 13.6. The molecule has 1 aliphatic heterocycles. The predicted molar refractivity (Wildman–Crippen MR) is 71.8 cm³/mol. The molecule has 1 aromatic rings. The van der Waals surface area contributed by atoms with Crippen LogP contribution in [0.1, 0.15) is 25.0 Å². The lowest BCUT2D eigenvalue weighted by Gasteiger charge is -2.40. The fraction of sp³-hybridized carbons (Fsp3) is 0.533. The third kappa shape index (κ3) is 3.97. The van der Waals surface area contributed by atoms with Crippen LogP contribution in [0.2, 0.25) is 0 Å². The largest absolute Gasteiger partial charge is 0.411 e. The van der Waals surface area contributed by atoms with Crippen molar-refractivity contribution in [1.82, 2.24) is 4.90 Å². The van der Waals surface area contributed by atoms with Crippen LogP contribution in [0.3, 0.4) is 0 Å². The third-order valence-corrected chi connectivity index (χ3v) is 3.54. The molecule has 0 atom stereocenters. The van der Waals surface area contributed by atoms with Gasteiger partial charge in [-0.25, -0.2) is 0 Å². The maximum atomic E-state index is 12.0. The Balaban J connectivity index is 2.02. The highest BCUT2D eigenvalue weighted by atomic mass is 19.4. The molecule has 0 N–H and O–H groups in total. The second kappa shape index (κ2) is 5.67. The first-order valence-electron chi connectivity index (χ1n) is 6.70. The van der Waals surface area contributed by atoms with Gasteiger partial charge in [0.2, 0.25) is 5.91 Å². The Labute approximate surface area is 121 Å². The van der Waals surface area contributed by atoms with Gasteiger partial charge in [0, 0.05) is 18.5 Å². The number of hydrogen-bond donors (Lipinski definition) is 0. The van der Waals surface area contributed by atoms with Crippen LogP contribution in [0.25, 0.3) is 0 Å². The van der Waals surface area contributed by atoms with E-state index in [0.717, 1.165) is 5.56 Å². The second-order valence-corrected chi connectivity index (χ2v) is 5.90. The number of alkyl halides is 3. The van der Waals surface area contributed by atoms with Crippen molar-refractivity contribution in [1.29, 1.82) is 0 Å². The summed E-state index contributed by atoms with van der Waals surface area (Å²) in [6.45, 7) is 2.97. The summed E-state index contributed by atoms with van der Waals surface area (Å²) in [7, 11) is 0. The van der Waals surface area contributed by atoms with Gasteiger partial charge in [0.25, 0.3) is 0 Å². The highest BCUT2D eigenvalue weighted by molar-refractivity contribution is 5.78. The second-order valence-electron chi connectivity index (χ2n) is 5.90. The van der Waals surface area contributed by atoms with E-state index < -0.39 is 25.3 Å². The molecule has 0 saturated carbocycles. The van der Waals surface area contributed by atoms with E-state index in [4.69, 9.17) is 0 Å². The molecule has 3 nitrogen and oxygen atoms in total. The molecule has 2 rings (SSSR count). The number of nitrogens with zero attached hydrogens (tertiary/aromatic N) is 1. The van der Waals surface area contributed by atoms with Gasteiger partial charge in [-0.05, 0) is 11.1 Å². The first kappa shape index (κ1) is 15.8. The number of amides is 1. The van der Waals surface area contributed by atoms with E-state index in [1.807, 2.05) is 38.1 Å². The van der Waals surface area contributed by atoms with Crippen LogP contribution in [-0.4, -0.2) is 36.7 Å². The van der Waals surface area contributed by atoms with E-state index in [9.17, 15) is 18.0 Å². The molecule has 1 aromatic carbocycles. The highest BCUT2D eigenvalue weighted by Crippen LogP contribution is 2.33. The van der Waals surface area contributed by atoms with Gasteiger partial charge in [0.1, 0.15) is 13.2 Å². The number of halogens is 3. The van der Waals surface area contributed by atoms with E-state index in [-0.39, 0.29) is 5.41 Å². The Morgan fingerprint density at radius 3 is 2.67 bits per heavy atom. The van der Waals surface area contributed by atoms with E-state index in [2.05, 4.69) is 4.74 Å². The summed E-state index contributed by atoms with van der Waals surface area (Å²) in [6.07, 6.45) is -4.41. The number of carbonyl (C=O) groups excluding carboxylic acids is 1. The molecule has 0 saturated heterocycles. The lowest BCUT2D eigenvalue weighted by atomic mass is 9.78. The first-order chi connectivity index (χ1) is 9.69. The average molecular weight is 301 g/mol. The molecule has 1 amide bonds. The maximum Gasteiger partial charge on any atom is 0.411 e. The molecule has 0 aromatic heterocycles. The van der Waals surface area contributed by atoms with Gasteiger partial charge in [-0.1, -0.05) is 38.1 Å². The lowest BCUT2D eigenvalue weighted by molar-refractivity contribution is -0.178. The van der Waals surface area contributed by atoms with E-state index >= 15 is 0 Å². The summed E-state index contributed by atoms with van der Waals surface area (Å²) < 4.78 is 40.5. The minimum Gasteiger partial charge on any atom is -0.362 e. The molecule has 116 valence electrons. The average Bonchev–Trinajstić information content (AvgIpc) is 2.36. The van der Waals surface area contributed by atoms with E-state index in [1.165, 1.54) is 5.56 Å². The number of rotatable bonds is 3. The third-order valence-electron chi connectivity index (χ3n) is 3.54. The van der Waals surface area contributed by atoms with E-state index in [0.29, 0.717) is 13.1 Å².